The van der Waals surface area contributed by atoms with Crippen molar-refractivity contribution in [2.75, 3.05) is 0 Å². The van der Waals surface area contributed by atoms with Crippen LogP contribution < -0.4 is 5.32 Å². The molecule has 0 spiro atoms. The van der Waals surface area contributed by atoms with E-state index >= 15 is 0 Å². The number of nitrogens with one attached hydrogen (secondary N) is 1. The summed E-state index contributed by atoms with van der Waals surface area (Å²) >= 11 is 0. The Bertz CT molecular complexity index is 344. The maximum atomic E-state index is 11.8. The standard InChI is InChI=1S/C22H43NO3/c1-3-5-7-8-9-10-11-12-13-14-15-16-17-19-21(24)23-20(22(25)26)18-6-4-2/h20H,3-19H2,1-2H3,(H,23,24)(H,25,26). The van der Waals surface area contributed by atoms with Crippen LogP contribution in [-0.2, 0) is 9.59 Å². The second-order valence-electron chi connectivity index (χ2n) is 7.59. The predicted octanol–water partition coefficient (Wildman–Crippen LogP) is 6.23. The Hall–Kier alpha value is -1.06. The third-order valence-electron chi connectivity index (χ3n) is 4.99. The van der Waals surface area contributed by atoms with E-state index in [0.29, 0.717) is 12.8 Å². The molecular formula is C22H43NO3. The maximum Gasteiger partial charge on any atom is 0.326 e. The zero-order chi connectivity index (χ0) is 19.5. The molecule has 0 radical (unpaired) electrons. The van der Waals surface area contributed by atoms with Gasteiger partial charge in [0.25, 0.3) is 0 Å². The number of hydrogen-bond donors (Lipinski definition) is 2. The number of amides is 1. The SMILES string of the molecule is CCCCCCCCCCCCCCCC(=O)NC(CCCC)C(=O)O. The lowest BCUT2D eigenvalue weighted by Crippen LogP contribution is -2.40. The van der Waals surface area contributed by atoms with Gasteiger partial charge < -0.3 is 10.4 Å². The second-order valence-corrected chi connectivity index (χ2v) is 7.59. The Morgan fingerprint density at radius 3 is 1.54 bits per heavy atom. The van der Waals surface area contributed by atoms with Crippen LogP contribution in [0.25, 0.3) is 0 Å². The Labute approximate surface area is 161 Å². The highest BCUT2D eigenvalue weighted by atomic mass is 16.4. The van der Waals surface area contributed by atoms with Crippen molar-refractivity contribution in [3.05, 3.63) is 0 Å². The van der Waals surface area contributed by atoms with Crippen LogP contribution in [0.2, 0.25) is 0 Å². The fourth-order valence-electron chi connectivity index (χ4n) is 3.24. The molecule has 0 bridgehead atoms. The van der Waals surface area contributed by atoms with Crippen molar-refractivity contribution in [3.63, 3.8) is 0 Å². The molecule has 154 valence electrons. The molecule has 1 amide bonds. The highest BCUT2D eigenvalue weighted by Crippen LogP contribution is 2.13. The molecule has 4 nitrogen and oxygen atoms in total. The number of aliphatic carboxylic acids is 1. The van der Waals surface area contributed by atoms with Gasteiger partial charge in [-0.2, -0.15) is 0 Å². The summed E-state index contributed by atoms with van der Waals surface area (Å²) in [7, 11) is 0. The first-order valence-electron chi connectivity index (χ1n) is 11.1. The molecule has 0 aromatic heterocycles. The molecule has 0 saturated heterocycles. The van der Waals surface area contributed by atoms with Crippen LogP contribution in [0.15, 0.2) is 0 Å². The summed E-state index contributed by atoms with van der Waals surface area (Å²) in [6.45, 7) is 4.28. The molecule has 0 aromatic carbocycles. The van der Waals surface area contributed by atoms with E-state index in [9.17, 15) is 9.59 Å². The van der Waals surface area contributed by atoms with Crippen molar-refractivity contribution in [1.29, 1.82) is 0 Å². The van der Waals surface area contributed by atoms with Gasteiger partial charge in [-0.3, -0.25) is 4.79 Å². The van der Waals surface area contributed by atoms with Gasteiger partial charge in [-0.1, -0.05) is 104 Å². The zero-order valence-electron chi connectivity index (χ0n) is 17.4. The van der Waals surface area contributed by atoms with Crippen LogP contribution in [0.5, 0.6) is 0 Å². The number of carboxylic acids is 1. The van der Waals surface area contributed by atoms with Crippen LogP contribution in [0.4, 0.5) is 0 Å². The minimum atomic E-state index is -0.919. The van der Waals surface area contributed by atoms with E-state index < -0.39 is 12.0 Å². The highest BCUT2D eigenvalue weighted by molar-refractivity contribution is 5.83. The fourth-order valence-corrected chi connectivity index (χ4v) is 3.24. The van der Waals surface area contributed by atoms with Crippen molar-refractivity contribution in [2.24, 2.45) is 0 Å². The molecule has 1 unspecified atom stereocenters. The number of carboxylic acid groups (broad SMARTS) is 1. The second kappa shape index (κ2) is 18.7. The van der Waals surface area contributed by atoms with Crippen molar-refractivity contribution >= 4 is 11.9 Å². The van der Waals surface area contributed by atoms with Crippen molar-refractivity contribution in [1.82, 2.24) is 5.32 Å². The van der Waals surface area contributed by atoms with Gasteiger partial charge >= 0.3 is 5.97 Å². The van der Waals surface area contributed by atoms with E-state index in [-0.39, 0.29) is 5.91 Å². The van der Waals surface area contributed by atoms with E-state index in [1.807, 2.05) is 6.92 Å². The summed E-state index contributed by atoms with van der Waals surface area (Å²) in [4.78, 5) is 23.0. The summed E-state index contributed by atoms with van der Waals surface area (Å²) in [6, 6.07) is -0.718. The van der Waals surface area contributed by atoms with Gasteiger partial charge in [0.1, 0.15) is 6.04 Å². The van der Waals surface area contributed by atoms with E-state index in [4.69, 9.17) is 5.11 Å². The smallest absolute Gasteiger partial charge is 0.326 e. The molecule has 0 rings (SSSR count). The molecule has 1 atom stereocenters. The Morgan fingerprint density at radius 2 is 1.12 bits per heavy atom. The molecular weight excluding hydrogens is 326 g/mol. The molecule has 0 aromatic rings. The molecule has 4 heteroatoms. The number of hydrogen-bond acceptors (Lipinski definition) is 2. The molecule has 26 heavy (non-hydrogen) atoms. The van der Waals surface area contributed by atoms with E-state index in [1.165, 1.54) is 70.6 Å². The zero-order valence-corrected chi connectivity index (χ0v) is 17.4. The minimum Gasteiger partial charge on any atom is -0.480 e. The van der Waals surface area contributed by atoms with Crippen molar-refractivity contribution in [2.45, 2.75) is 129 Å². The summed E-state index contributed by atoms with van der Waals surface area (Å²) in [5, 5.41) is 11.8. The number of carbonyl (C=O) groups is 2. The van der Waals surface area contributed by atoms with E-state index in [2.05, 4.69) is 12.2 Å². The Morgan fingerprint density at radius 1 is 0.692 bits per heavy atom. The Kier molecular flexibility index (Phi) is 18.0. The third kappa shape index (κ3) is 16.4. The van der Waals surface area contributed by atoms with Gasteiger partial charge in [0.15, 0.2) is 0 Å². The molecule has 2 N–H and O–H groups in total. The molecule has 0 aliphatic carbocycles. The van der Waals surface area contributed by atoms with Gasteiger partial charge in [0.2, 0.25) is 5.91 Å². The molecule has 0 heterocycles. The third-order valence-corrected chi connectivity index (χ3v) is 4.99. The van der Waals surface area contributed by atoms with Gasteiger partial charge in [0.05, 0.1) is 0 Å². The summed E-state index contributed by atoms with van der Waals surface area (Å²) in [5.41, 5.74) is 0. The average molecular weight is 370 g/mol. The van der Waals surface area contributed by atoms with Crippen LogP contribution in [0.3, 0.4) is 0 Å². The van der Waals surface area contributed by atoms with E-state index in [1.54, 1.807) is 0 Å². The van der Waals surface area contributed by atoms with Crippen LogP contribution in [0, 0.1) is 0 Å². The number of rotatable bonds is 19. The van der Waals surface area contributed by atoms with Crippen molar-refractivity contribution < 1.29 is 14.7 Å². The first kappa shape index (κ1) is 24.9. The highest BCUT2D eigenvalue weighted by Gasteiger charge is 2.18. The first-order chi connectivity index (χ1) is 12.6. The van der Waals surface area contributed by atoms with Crippen molar-refractivity contribution in [3.8, 4) is 0 Å². The van der Waals surface area contributed by atoms with E-state index in [0.717, 1.165) is 25.7 Å². The summed E-state index contributed by atoms with van der Waals surface area (Å²) in [5.74, 6) is -1.03. The largest absolute Gasteiger partial charge is 0.480 e. The summed E-state index contributed by atoms with van der Waals surface area (Å²) in [6.07, 6.45) is 19.4. The van der Waals surface area contributed by atoms with Crippen LogP contribution in [0.1, 0.15) is 123 Å². The lowest BCUT2D eigenvalue weighted by molar-refractivity contribution is -0.142. The lowest BCUT2D eigenvalue weighted by atomic mass is 10.0. The first-order valence-corrected chi connectivity index (χ1v) is 11.1. The minimum absolute atomic E-state index is 0.114. The monoisotopic (exact) mass is 369 g/mol. The maximum absolute atomic E-state index is 11.8. The molecule has 0 saturated carbocycles. The van der Waals surface area contributed by atoms with Gasteiger partial charge in [-0.25, -0.2) is 4.79 Å². The molecule has 0 aliphatic heterocycles. The van der Waals surface area contributed by atoms with Crippen LogP contribution >= 0.6 is 0 Å². The molecule has 0 aliphatic rings. The Balaban J connectivity index is 3.43. The quantitative estimate of drug-likeness (QED) is 0.265. The molecule has 0 fully saturated rings. The lowest BCUT2D eigenvalue weighted by Gasteiger charge is -2.13. The van der Waals surface area contributed by atoms with Gasteiger partial charge in [0, 0.05) is 6.42 Å². The van der Waals surface area contributed by atoms with Gasteiger partial charge in [-0.05, 0) is 12.8 Å². The average Bonchev–Trinajstić information content (AvgIpc) is 2.62. The summed E-state index contributed by atoms with van der Waals surface area (Å²) < 4.78 is 0. The van der Waals surface area contributed by atoms with Crippen LogP contribution in [-0.4, -0.2) is 23.0 Å². The van der Waals surface area contributed by atoms with Gasteiger partial charge in [-0.15, -0.1) is 0 Å². The number of carbonyl (C=O) groups excluding carboxylic acids is 1. The fraction of sp³-hybridized carbons (Fsp3) is 0.909. The normalized spacial score (nSPS) is 12.1. The topological polar surface area (TPSA) is 66.4 Å². The number of unbranched alkanes of at least 4 members (excludes halogenated alkanes) is 13. The predicted molar refractivity (Wildman–Crippen MR) is 109 cm³/mol.